The summed E-state index contributed by atoms with van der Waals surface area (Å²) < 4.78 is 11.0. The highest BCUT2D eigenvalue weighted by molar-refractivity contribution is 4.70. The van der Waals surface area contributed by atoms with Crippen LogP contribution in [0.4, 0.5) is 0 Å². The molecule has 4 heteroatoms. The molecule has 2 fully saturated rings. The summed E-state index contributed by atoms with van der Waals surface area (Å²) in [4.78, 5) is 0. The van der Waals surface area contributed by atoms with Crippen LogP contribution < -0.4 is 10.6 Å². The summed E-state index contributed by atoms with van der Waals surface area (Å²) in [5.41, 5.74) is 0. The highest BCUT2D eigenvalue weighted by atomic mass is 16.5. The third-order valence-electron chi connectivity index (χ3n) is 3.10. The quantitative estimate of drug-likeness (QED) is 0.632. The van der Waals surface area contributed by atoms with Crippen molar-refractivity contribution in [2.75, 3.05) is 46.0 Å². The van der Waals surface area contributed by atoms with E-state index < -0.39 is 0 Å². The molecule has 2 atom stereocenters. The molecule has 0 aliphatic carbocycles. The van der Waals surface area contributed by atoms with E-state index in [-0.39, 0.29) is 0 Å². The van der Waals surface area contributed by atoms with E-state index >= 15 is 0 Å². The fraction of sp³-hybridized carbons (Fsp3) is 1.00. The van der Waals surface area contributed by atoms with Crippen molar-refractivity contribution in [2.24, 2.45) is 5.92 Å². The topological polar surface area (TPSA) is 42.5 Å². The fourth-order valence-corrected chi connectivity index (χ4v) is 2.12. The van der Waals surface area contributed by atoms with Crippen LogP contribution in [0.2, 0.25) is 0 Å². The van der Waals surface area contributed by atoms with Gasteiger partial charge in [0, 0.05) is 26.2 Å². The molecule has 0 aromatic heterocycles. The molecule has 0 saturated carbocycles. The Kier molecular flexibility index (Phi) is 4.86. The van der Waals surface area contributed by atoms with Crippen molar-refractivity contribution in [1.29, 1.82) is 0 Å². The van der Waals surface area contributed by atoms with Crippen LogP contribution in [0.1, 0.15) is 12.8 Å². The Hall–Kier alpha value is -0.160. The zero-order valence-electron chi connectivity index (χ0n) is 9.34. The first-order chi connectivity index (χ1) is 7.45. The summed E-state index contributed by atoms with van der Waals surface area (Å²) in [6.07, 6.45) is 2.74. The Labute approximate surface area is 91.7 Å². The molecule has 2 aliphatic heterocycles. The smallest absolute Gasteiger partial charge is 0.0712 e. The molecule has 2 saturated heterocycles. The minimum absolute atomic E-state index is 0.408. The normalized spacial score (nSPS) is 32.0. The lowest BCUT2D eigenvalue weighted by molar-refractivity contribution is 0.0237. The lowest BCUT2D eigenvalue weighted by atomic mass is 10.1. The SMILES string of the molecule is C(CC1CNCCO1)NCC1CCOC1. The molecule has 88 valence electrons. The van der Waals surface area contributed by atoms with Crippen LogP contribution in [-0.2, 0) is 9.47 Å². The first kappa shape index (κ1) is 11.3. The van der Waals surface area contributed by atoms with Gasteiger partial charge < -0.3 is 20.1 Å². The van der Waals surface area contributed by atoms with Crippen LogP contribution in [0.15, 0.2) is 0 Å². The van der Waals surface area contributed by atoms with E-state index in [4.69, 9.17) is 9.47 Å². The van der Waals surface area contributed by atoms with Crippen LogP contribution in [0.25, 0.3) is 0 Å². The summed E-state index contributed by atoms with van der Waals surface area (Å²) in [5, 5.41) is 6.83. The third kappa shape index (κ3) is 4.07. The Bertz CT molecular complexity index is 166. The van der Waals surface area contributed by atoms with Crippen LogP contribution in [-0.4, -0.2) is 52.1 Å². The Balaban J connectivity index is 1.47. The van der Waals surface area contributed by atoms with Crippen LogP contribution in [0.3, 0.4) is 0 Å². The van der Waals surface area contributed by atoms with Gasteiger partial charge in [-0.3, -0.25) is 0 Å². The lowest BCUT2D eigenvalue weighted by Gasteiger charge is -2.23. The van der Waals surface area contributed by atoms with Crippen molar-refractivity contribution in [3.63, 3.8) is 0 Å². The van der Waals surface area contributed by atoms with Gasteiger partial charge in [0.25, 0.3) is 0 Å². The second kappa shape index (κ2) is 6.43. The molecule has 0 spiro atoms. The molecule has 0 bridgehead atoms. The molecule has 2 rings (SSSR count). The number of rotatable bonds is 5. The summed E-state index contributed by atoms with van der Waals surface area (Å²) in [6.45, 7) is 6.91. The maximum absolute atomic E-state index is 5.62. The Morgan fingerprint density at radius 1 is 1.33 bits per heavy atom. The lowest BCUT2D eigenvalue weighted by Crippen LogP contribution is -2.40. The average Bonchev–Trinajstić information content (AvgIpc) is 2.79. The maximum Gasteiger partial charge on any atom is 0.0712 e. The van der Waals surface area contributed by atoms with Crippen LogP contribution in [0, 0.1) is 5.92 Å². The highest BCUT2D eigenvalue weighted by Gasteiger charge is 2.16. The van der Waals surface area contributed by atoms with E-state index in [9.17, 15) is 0 Å². The standard InChI is InChI=1S/C11H22N2O2/c1(11-8-13-4-6-15-11)3-12-7-10-2-5-14-9-10/h10-13H,1-9H2. The van der Waals surface area contributed by atoms with Gasteiger partial charge in [-0.2, -0.15) is 0 Å². The molecule has 0 radical (unpaired) electrons. The average molecular weight is 214 g/mol. The van der Waals surface area contributed by atoms with Gasteiger partial charge >= 0.3 is 0 Å². The zero-order valence-corrected chi connectivity index (χ0v) is 9.34. The van der Waals surface area contributed by atoms with Gasteiger partial charge in [-0.25, -0.2) is 0 Å². The van der Waals surface area contributed by atoms with Crippen LogP contribution >= 0.6 is 0 Å². The molecule has 15 heavy (non-hydrogen) atoms. The number of hydrogen-bond acceptors (Lipinski definition) is 4. The monoisotopic (exact) mass is 214 g/mol. The van der Waals surface area contributed by atoms with E-state index in [1.807, 2.05) is 0 Å². The van der Waals surface area contributed by atoms with Crippen molar-refractivity contribution in [1.82, 2.24) is 10.6 Å². The third-order valence-corrected chi connectivity index (χ3v) is 3.10. The van der Waals surface area contributed by atoms with E-state index in [1.165, 1.54) is 6.42 Å². The molecular weight excluding hydrogens is 192 g/mol. The molecule has 0 aromatic rings. The van der Waals surface area contributed by atoms with E-state index in [0.717, 1.165) is 58.3 Å². The molecule has 4 nitrogen and oxygen atoms in total. The van der Waals surface area contributed by atoms with E-state index in [2.05, 4.69) is 10.6 Å². The van der Waals surface area contributed by atoms with Gasteiger partial charge in [0.2, 0.25) is 0 Å². The fourth-order valence-electron chi connectivity index (χ4n) is 2.12. The van der Waals surface area contributed by atoms with Gasteiger partial charge in [-0.15, -0.1) is 0 Å². The van der Waals surface area contributed by atoms with Gasteiger partial charge in [0.05, 0.1) is 19.3 Å². The maximum atomic E-state index is 5.62. The second-order valence-electron chi connectivity index (χ2n) is 4.42. The van der Waals surface area contributed by atoms with Crippen molar-refractivity contribution in [2.45, 2.75) is 18.9 Å². The van der Waals surface area contributed by atoms with E-state index in [1.54, 1.807) is 0 Å². The predicted octanol–water partition coefficient (Wildman–Crippen LogP) is -0.00900. The van der Waals surface area contributed by atoms with Gasteiger partial charge in [0.15, 0.2) is 0 Å². The number of morpholine rings is 1. The number of nitrogens with one attached hydrogen (secondary N) is 2. The minimum Gasteiger partial charge on any atom is -0.381 e. The highest BCUT2D eigenvalue weighted by Crippen LogP contribution is 2.10. The summed E-state index contributed by atoms with van der Waals surface area (Å²) in [7, 11) is 0. The second-order valence-corrected chi connectivity index (χ2v) is 4.42. The predicted molar refractivity (Wildman–Crippen MR) is 59.0 cm³/mol. The van der Waals surface area contributed by atoms with Crippen LogP contribution in [0.5, 0.6) is 0 Å². The molecule has 0 amide bonds. The number of ether oxygens (including phenoxy) is 2. The summed E-state index contributed by atoms with van der Waals surface area (Å²) >= 11 is 0. The molecule has 2 N–H and O–H groups in total. The van der Waals surface area contributed by atoms with E-state index in [0.29, 0.717) is 6.10 Å². The molecule has 2 unspecified atom stereocenters. The first-order valence-corrected chi connectivity index (χ1v) is 6.06. The first-order valence-electron chi connectivity index (χ1n) is 6.06. The van der Waals surface area contributed by atoms with Crippen molar-refractivity contribution in [3.8, 4) is 0 Å². The van der Waals surface area contributed by atoms with Crippen molar-refractivity contribution in [3.05, 3.63) is 0 Å². The van der Waals surface area contributed by atoms with Gasteiger partial charge in [-0.1, -0.05) is 0 Å². The zero-order chi connectivity index (χ0) is 10.3. The summed E-state index contributed by atoms with van der Waals surface area (Å²) in [6, 6.07) is 0. The van der Waals surface area contributed by atoms with Crippen molar-refractivity contribution >= 4 is 0 Å². The summed E-state index contributed by atoms with van der Waals surface area (Å²) in [5.74, 6) is 0.732. The molecule has 0 aromatic carbocycles. The van der Waals surface area contributed by atoms with Gasteiger partial charge in [0.1, 0.15) is 0 Å². The number of hydrogen-bond donors (Lipinski definition) is 2. The Morgan fingerprint density at radius 2 is 2.33 bits per heavy atom. The molecule has 2 aliphatic rings. The van der Waals surface area contributed by atoms with Gasteiger partial charge in [-0.05, 0) is 25.3 Å². The Morgan fingerprint density at radius 3 is 3.07 bits per heavy atom. The minimum atomic E-state index is 0.408. The van der Waals surface area contributed by atoms with Crippen molar-refractivity contribution < 1.29 is 9.47 Å². The molecular formula is C11H22N2O2. The largest absolute Gasteiger partial charge is 0.381 e. The molecule has 2 heterocycles.